The largest absolute Gasteiger partial charge is 0.481 e. The molecular weight excluding hydrogens is 260 g/mol. The van der Waals surface area contributed by atoms with Gasteiger partial charge in [-0.2, -0.15) is 0 Å². The SMILES string of the molecule is CC(=O)N[C@@H](C(=O)N1CC[C@@H](C(=O)O)C1)C1CCCC1. The van der Waals surface area contributed by atoms with Crippen molar-refractivity contribution in [3.63, 3.8) is 0 Å². The van der Waals surface area contributed by atoms with Crippen molar-refractivity contribution in [2.75, 3.05) is 13.1 Å². The Morgan fingerprint density at radius 2 is 1.85 bits per heavy atom. The Hall–Kier alpha value is -1.59. The number of hydrogen-bond donors (Lipinski definition) is 2. The van der Waals surface area contributed by atoms with E-state index in [1.807, 2.05) is 0 Å². The highest BCUT2D eigenvalue weighted by molar-refractivity contribution is 5.88. The van der Waals surface area contributed by atoms with Gasteiger partial charge < -0.3 is 15.3 Å². The molecule has 0 bridgehead atoms. The highest BCUT2D eigenvalue weighted by atomic mass is 16.4. The number of rotatable bonds is 4. The van der Waals surface area contributed by atoms with Gasteiger partial charge in [-0.05, 0) is 25.2 Å². The molecule has 1 saturated heterocycles. The van der Waals surface area contributed by atoms with Gasteiger partial charge in [-0.25, -0.2) is 0 Å². The molecule has 0 radical (unpaired) electrons. The summed E-state index contributed by atoms with van der Waals surface area (Å²) in [7, 11) is 0. The van der Waals surface area contributed by atoms with Crippen LogP contribution >= 0.6 is 0 Å². The highest BCUT2D eigenvalue weighted by Crippen LogP contribution is 2.29. The van der Waals surface area contributed by atoms with Crippen LogP contribution in [0.3, 0.4) is 0 Å². The molecule has 2 aliphatic rings. The summed E-state index contributed by atoms with van der Waals surface area (Å²) in [6, 6.07) is -0.484. The molecule has 2 atom stereocenters. The minimum Gasteiger partial charge on any atom is -0.481 e. The van der Waals surface area contributed by atoms with Crippen LogP contribution in [0, 0.1) is 11.8 Å². The van der Waals surface area contributed by atoms with E-state index in [1.165, 1.54) is 6.92 Å². The number of carbonyl (C=O) groups is 3. The molecule has 2 amide bonds. The second kappa shape index (κ2) is 6.24. The lowest BCUT2D eigenvalue weighted by Gasteiger charge is -2.28. The summed E-state index contributed by atoms with van der Waals surface area (Å²) < 4.78 is 0. The molecule has 6 heteroatoms. The number of carboxylic acids is 1. The summed E-state index contributed by atoms with van der Waals surface area (Å²) in [4.78, 5) is 36.4. The minimum absolute atomic E-state index is 0.115. The lowest BCUT2D eigenvalue weighted by molar-refractivity contribution is -0.142. The van der Waals surface area contributed by atoms with Gasteiger partial charge in [-0.1, -0.05) is 12.8 Å². The highest BCUT2D eigenvalue weighted by Gasteiger charge is 2.38. The Labute approximate surface area is 118 Å². The third-order valence-corrected chi connectivity index (χ3v) is 4.35. The fourth-order valence-electron chi connectivity index (χ4n) is 3.25. The summed E-state index contributed by atoms with van der Waals surface area (Å²) in [5, 5.41) is 11.8. The van der Waals surface area contributed by atoms with Crippen LogP contribution in [-0.2, 0) is 14.4 Å². The van der Waals surface area contributed by atoms with Gasteiger partial charge in [0.2, 0.25) is 11.8 Å². The van der Waals surface area contributed by atoms with Crippen LogP contribution in [0.4, 0.5) is 0 Å². The summed E-state index contributed by atoms with van der Waals surface area (Å²) in [6.07, 6.45) is 4.58. The molecule has 0 aromatic heterocycles. The van der Waals surface area contributed by atoms with E-state index in [4.69, 9.17) is 5.11 Å². The predicted molar refractivity (Wildman–Crippen MR) is 71.9 cm³/mol. The number of nitrogens with one attached hydrogen (secondary N) is 1. The van der Waals surface area contributed by atoms with Crippen molar-refractivity contribution in [2.24, 2.45) is 11.8 Å². The van der Waals surface area contributed by atoms with Gasteiger partial charge in [0, 0.05) is 20.0 Å². The van der Waals surface area contributed by atoms with Crippen LogP contribution in [0.25, 0.3) is 0 Å². The van der Waals surface area contributed by atoms with E-state index in [9.17, 15) is 14.4 Å². The molecule has 112 valence electrons. The Morgan fingerprint density at radius 3 is 2.35 bits per heavy atom. The van der Waals surface area contributed by atoms with Gasteiger partial charge in [0.15, 0.2) is 0 Å². The van der Waals surface area contributed by atoms with Gasteiger partial charge in [-0.15, -0.1) is 0 Å². The molecule has 2 fully saturated rings. The normalized spacial score (nSPS) is 24.6. The summed E-state index contributed by atoms with van der Waals surface area (Å²) >= 11 is 0. The van der Waals surface area contributed by atoms with Crippen LogP contribution in [0.1, 0.15) is 39.0 Å². The van der Waals surface area contributed by atoms with Gasteiger partial charge >= 0.3 is 5.97 Å². The van der Waals surface area contributed by atoms with Gasteiger partial charge in [0.1, 0.15) is 6.04 Å². The van der Waals surface area contributed by atoms with Crippen LogP contribution in [-0.4, -0.2) is 46.9 Å². The second-order valence-corrected chi connectivity index (χ2v) is 5.83. The van der Waals surface area contributed by atoms with Crippen molar-refractivity contribution in [1.82, 2.24) is 10.2 Å². The number of nitrogens with zero attached hydrogens (tertiary/aromatic N) is 1. The molecule has 20 heavy (non-hydrogen) atoms. The Balaban J connectivity index is 2.02. The third kappa shape index (κ3) is 3.29. The van der Waals surface area contributed by atoms with E-state index in [1.54, 1.807) is 4.90 Å². The number of aliphatic carboxylic acids is 1. The Bertz CT molecular complexity index is 404. The summed E-state index contributed by atoms with van der Waals surface area (Å²) in [5.74, 6) is -1.45. The van der Waals surface area contributed by atoms with Crippen molar-refractivity contribution in [1.29, 1.82) is 0 Å². The van der Waals surface area contributed by atoms with Crippen molar-refractivity contribution in [3.8, 4) is 0 Å². The monoisotopic (exact) mass is 282 g/mol. The molecule has 0 spiro atoms. The van der Waals surface area contributed by atoms with E-state index >= 15 is 0 Å². The number of carbonyl (C=O) groups excluding carboxylic acids is 2. The first-order valence-corrected chi connectivity index (χ1v) is 7.27. The summed E-state index contributed by atoms with van der Waals surface area (Å²) in [5.41, 5.74) is 0. The molecular formula is C14H22N2O4. The van der Waals surface area contributed by atoms with Crippen LogP contribution < -0.4 is 5.32 Å². The quantitative estimate of drug-likeness (QED) is 0.791. The lowest BCUT2D eigenvalue weighted by Crippen LogP contribution is -2.51. The smallest absolute Gasteiger partial charge is 0.308 e. The van der Waals surface area contributed by atoms with Gasteiger partial charge in [0.25, 0.3) is 0 Å². The maximum absolute atomic E-state index is 12.6. The van der Waals surface area contributed by atoms with E-state index < -0.39 is 17.9 Å². The van der Waals surface area contributed by atoms with Crippen molar-refractivity contribution >= 4 is 17.8 Å². The maximum Gasteiger partial charge on any atom is 0.308 e. The van der Waals surface area contributed by atoms with E-state index in [-0.39, 0.29) is 24.3 Å². The summed E-state index contributed by atoms with van der Waals surface area (Å²) in [6.45, 7) is 2.15. The first-order valence-electron chi connectivity index (χ1n) is 7.27. The molecule has 1 aliphatic carbocycles. The average molecular weight is 282 g/mol. The second-order valence-electron chi connectivity index (χ2n) is 5.83. The molecule has 2 N–H and O–H groups in total. The molecule has 0 aromatic rings. The third-order valence-electron chi connectivity index (χ3n) is 4.35. The Morgan fingerprint density at radius 1 is 1.20 bits per heavy atom. The zero-order valence-corrected chi connectivity index (χ0v) is 11.8. The number of carboxylic acid groups (broad SMARTS) is 1. The minimum atomic E-state index is -0.850. The number of hydrogen-bond acceptors (Lipinski definition) is 3. The fraction of sp³-hybridized carbons (Fsp3) is 0.786. The first-order chi connectivity index (χ1) is 9.49. The molecule has 6 nitrogen and oxygen atoms in total. The van der Waals surface area contributed by atoms with Crippen molar-refractivity contribution in [3.05, 3.63) is 0 Å². The fourth-order valence-corrected chi connectivity index (χ4v) is 3.25. The molecule has 0 unspecified atom stereocenters. The molecule has 0 aromatic carbocycles. The Kier molecular flexibility index (Phi) is 4.62. The van der Waals surface area contributed by atoms with Crippen molar-refractivity contribution < 1.29 is 19.5 Å². The molecule has 1 aliphatic heterocycles. The zero-order chi connectivity index (χ0) is 14.7. The predicted octanol–water partition coefficient (Wildman–Crippen LogP) is 0.614. The lowest BCUT2D eigenvalue weighted by atomic mass is 9.96. The zero-order valence-electron chi connectivity index (χ0n) is 11.8. The van der Waals surface area contributed by atoms with Gasteiger partial charge in [-0.3, -0.25) is 14.4 Å². The van der Waals surface area contributed by atoms with Crippen LogP contribution in [0.5, 0.6) is 0 Å². The first kappa shape index (κ1) is 14.8. The average Bonchev–Trinajstić information content (AvgIpc) is 3.05. The number of amides is 2. The standard InChI is InChI=1S/C14H22N2O4/c1-9(17)15-12(10-4-2-3-5-10)13(18)16-7-6-11(8-16)14(19)20/h10-12H,2-8H2,1H3,(H,15,17)(H,19,20)/t11-,12-/m1/s1. The van der Waals surface area contributed by atoms with Crippen LogP contribution in [0.15, 0.2) is 0 Å². The molecule has 2 rings (SSSR count). The maximum atomic E-state index is 12.6. The van der Waals surface area contributed by atoms with E-state index in [0.29, 0.717) is 13.0 Å². The van der Waals surface area contributed by atoms with Crippen molar-refractivity contribution in [2.45, 2.75) is 45.1 Å². The van der Waals surface area contributed by atoms with Gasteiger partial charge in [0.05, 0.1) is 5.92 Å². The van der Waals surface area contributed by atoms with E-state index in [0.717, 1.165) is 25.7 Å². The molecule has 1 heterocycles. The van der Waals surface area contributed by atoms with Crippen LogP contribution in [0.2, 0.25) is 0 Å². The molecule has 1 saturated carbocycles. The number of likely N-dealkylation sites (tertiary alicyclic amines) is 1. The van der Waals surface area contributed by atoms with E-state index in [2.05, 4.69) is 5.32 Å². The topological polar surface area (TPSA) is 86.7 Å².